The van der Waals surface area contributed by atoms with Crippen LogP contribution in [0.1, 0.15) is 63.1 Å². The molecule has 1 heterocycles. The Morgan fingerprint density at radius 2 is 2.00 bits per heavy atom. The van der Waals surface area contributed by atoms with Crippen molar-refractivity contribution in [2.24, 2.45) is 11.7 Å². The highest BCUT2D eigenvalue weighted by Gasteiger charge is 2.28. The summed E-state index contributed by atoms with van der Waals surface area (Å²) in [6.45, 7) is 0. The van der Waals surface area contributed by atoms with E-state index in [1.54, 1.807) is 0 Å². The predicted molar refractivity (Wildman–Crippen MR) is 73.4 cm³/mol. The van der Waals surface area contributed by atoms with Crippen molar-refractivity contribution in [3.8, 4) is 0 Å². The minimum absolute atomic E-state index is 0.407. The van der Waals surface area contributed by atoms with Crippen molar-refractivity contribution < 1.29 is 0 Å². The molecule has 0 amide bonds. The topological polar surface area (TPSA) is 43.8 Å². The van der Waals surface area contributed by atoms with Crippen molar-refractivity contribution in [3.05, 3.63) is 18.0 Å². The summed E-state index contributed by atoms with van der Waals surface area (Å²) in [6, 6.07) is 3.25. The summed E-state index contributed by atoms with van der Waals surface area (Å²) in [7, 11) is 0. The van der Waals surface area contributed by atoms with Crippen LogP contribution in [0.4, 0.5) is 0 Å². The molecule has 0 saturated heterocycles. The first-order chi connectivity index (χ1) is 8.83. The predicted octanol–water partition coefficient (Wildman–Crippen LogP) is 3.06. The molecule has 2 saturated carbocycles. The van der Waals surface area contributed by atoms with Crippen molar-refractivity contribution in [1.29, 1.82) is 0 Å². The normalized spacial score (nSPS) is 23.2. The standard InChI is InChI=1S/C15H25N3/c16-15(12-6-7-12)9-8-13-10-11-18(17-13)14-4-2-1-3-5-14/h10-12,14-15H,1-9,16H2. The number of aromatic nitrogens is 2. The van der Waals surface area contributed by atoms with E-state index < -0.39 is 0 Å². The first-order valence-corrected chi connectivity index (χ1v) is 7.62. The molecule has 3 heteroatoms. The van der Waals surface area contributed by atoms with E-state index in [1.165, 1.54) is 50.6 Å². The Morgan fingerprint density at radius 1 is 1.22 bits per heavy atom. The van der Waals surface area contributed by atoms with Gasteiger partial charge in [0.2, 0.25) is 0 Å². The second-order valence-corrected chi connectivity index (χ2v) is 6.12. The number of hydrogen-bond donors (Lipinski definition) is 1. The third kappa shape index (κ3) is 2.94. The van der Waals surface area contributed by atoms with Gasteiger partial charge >= 0.3 is 0 Å². The molecule has 0 aromatic carbocycles. The Hall–Kier alpha value is -0.830. The summed E-state index contributed by atoms with van der Waals surface area (Å²) in [5.74, 6) is 0.811. The molecule has 2 aliphatic rings. The van der Waals surface area contributed by atoms with Crippen molar-refractivity contribution in [3.63, 3.8) is 0 Å². The Balaban J connectivity index is 1.52. The third-order valence-electron chi connectivity index (χ3n) is 4.57. The van der Waals surface area contributed by atoms with Crippen LogP contribution in [-0.2, 0) is 6.42 Å². The van der Waals surface area contributed by atoms with E-state index in [1.807, 2.05) is 0 Å². The van der Waals surface area contributed by atoms with Crippen LogP contribution < -0.4 is 5.73 Å². The molecule has 3 nitrogen and oxygen atoms in total. The summed E-state index contributed by atoms with van der Waals surface area (Å²) in [6.07, 6.45) is 13.8. The number of nitrogens with two attached hydrogens (primary N) is 1. The third-order valence-corrected chi connectivity index (χ3v) is 4.57. The summed E-state index contributed by atoms with van der Waals surface area (Å²) in [5.41, 5.74) is 7.37. The number of nitrogens with zero attached hydrogens (tertiary/aromatic N) is 2. The molecule has 100 valence electrons. The van der Waals surface area contributed by atoms with E-state index in [-0.39, 0.29) is 0 Å². The van der Waals surface area contributed by atoms with Gasteiger partial charge in [0.25, 0.3) is 0 Å². The zero-order valence-corrected chi connectivity index (χ0v) is 11.2. The van der Waals surface area contributed by atoms with Crippen LogP contribution in [-0.4, -0.2) is 15.8 Å². The minimum Gasteiger partial charge on any atom is -0.327 e. The zero-order chi connectivity index (χ0) is 12.4. The van der Waals surface area contributed by atoms with E-state index in [4.69, 9.17) is 10.8 Å². The van der Waals surface area contributed by atoms with E-state index in [2.05, 4.69) is 16.9 Å². The van der Waals surface area contributed by atoms with E-state index in [0.717, 1.165) is 18.8 Å². The molecule has 3 rings (SSSR count). The molecule has 1 aromatic rings. The fraction of sp³-hybridized carbons (Fsp3) is 0.800. The average molecular weight is 247 g/mol. The first kappa shape index (κ1) is 12.2. The molecule has 0 radical (unpaired) electrons. The maximum Gasteiger partial charge on any atom is 0.0625 e. The van der Waals surface area contributed by atoms with Gasteiger partial charge < -0.3 is 5.73 Å². The lowest BCUT2D eigenvalue weighted by atomic mass is 9.96. The Labute approximate surface area is 110 Å². The quantitative estimate of drug-likeness (QED) is 0.869. The minimum atomic E-state index is 0.407. The molecule has 0 spiro atoms. The molecule has 0 aliphatic heterocycles. The van der Waals surface area contributed by atoms with Gasteiger partial charge in [-0.3, -0.25) is 4.68 Å². The first-order valence-electron chi connectivity index (χ1n) is 7.62. The van der Waals surface area contributed by atoms with Crippen molar-refractivity contribution in [1.82, 2.24) is 9.78 Å². The molecular formula is C15H25N3. The molecule has 0 bridgehead atoms. The van der Waals surface area contributed by atoms with Gasteiger partial charge in [-0.25, -0.2) is 0 Å². The summed E-state index contributed by atoms with van der Waals surface area (Å²) < 4.78 is 2.21. The van der Waals surface area contributed by atoms with Crippen LogP contribution >= 0.6 is 0 Å². The van der Waals surface area contributed by atoms with Crippen molar-refractivity contribution in [2.75, 3.05) is 0 Å². The molecule has 2 N–H and O–H groups in total. The monoisotopic (exact) mass is 247 g/mol. The second kappa shape index (κ2) is 5.43. The lowest BCUT2D eigenvalue weighted by molar-refractivity contribution is 0.328. The molecule has 1 unspecified atom stereocenters. The maximum atomic E-state index is 6.14. The van der Waals surface area contributed by atoms with Crippen molar-refractivity contribution in [2.45, 2.75) is 69.9 Å². The highest BCUT2D eigenvalue weighted by atomic mass is 15.3. The maximum absolute atomic E-state index is 6.14. The van der Waals surface area contributed by atoms with Gasteiger partial charge in [-0.05, 0) is 50.5 Å². The summed E-state index contributed by atoms with van der Waals surface area (Å²) in [5, 5.41) is 4.75. The second-order valence-electron chi connectivity index (χ2n) is 6.12. The fourth-order valence-electron chi connectivity index (χ4n) is 3.13. The lowest BCUT2D eigenvalue weighted by Crippen LogP contribution is -2.23. The largest absolute Gasteiger partial charge is 0.327 e. The highest BCUT2D eigenvalue weighted by Crippen LogP contribution is 2.33. The molecular weight excluding hydrogens is 222 g/mol. The average Bonchev–Trinajstić information content (AvgIpc) is 3.16. The number of hydrogen-bond acceptors (Lipinski definition) is 2. The van der Waals surface area contributed by atoms with Gasteiger partial charge in [-0.2, -0.15) is 5.10 Å². The molecule has 1 atom stereocenters. The zero-order valence-electron chi connectivity index (χ0n) is 11.2. The molecule has 18 heavy (non-hydrogen) atoms. The highest BCUT2D eigenvalue weighted by molar-refractivity contribution is 5.01. The van der Waals surface area contributed by atoms with Crippen LogP contribution in [0, 0.1) is 5.92 Å². The molecule has 1 aromatic heterocycles. The van der Waals surface area contributed by atoms with Crippen molar-refractivity contribution >= 4 is 0 Å². The summed E-state index contributed by atoms with van der Waals surface area (Å²) >= 11 is 0. The molecule has 2 fully saturated rings. The van der Waals surface area contributed by atoms with Crippen LogP contribution in [0.5, 0.6) is 0 Å². The van der Waals surface area contributed by atoms with Crippen LogP contribution in [0.15, 0.2) is 12.3 Å². The lowest BCUT2D eigenvalue weighted by Gasteiger charge is -2.21. The Bertz CT molecular complexity index is 375. The number of aryl methyl sites for hydroxylation is 1. The van der Waals surface area contributed by atoms with Gasteiger partial charge in [0, 0.05) is 12.2 Å². The van der Waals surface area contributed by atoms with Gasteiger partial charge in [0.15, 0.2) is 0 Å². The molecule has 2 aliphatic carbocycles. The Morgan fingerprint density at radius 3 is 2.72 bits per heavy atom. The van der Waals surface area contributed by atoms with Crippen LogP contribution in [0.3, 0.4) is 0 Å². The van der Waals surface area contributed by atoms with Crippen LogP contribution in [0.2, 0.25) is 0 Å². The summed E-state index contributed by atoms with van der Waals surface area (Å²) in [4.78, 5) is 0. The smallest absolute Gasteiger partial charge is 0.0625 e. The SMILES string of the molecule is NC(CCc1ccn(C2CCCCC2)n1)C1CC1. The number of rotatable bonds is 5. The van der Waals surface area contributed by atoms with E-state index in [0.29, 0.717) is 12.1 Å². The van der Waals surface area contributed by atoms with E-state index >= 15 is 0 Å². The Kier molecular flexibility index (Phi) is 3.69. The van der Waals surface area contributed by atoms with Gasteiger partial charge in [-0.15, -0.1) is 0 Å². The van der Waals surface area contributed by atoms with Gasteiger partial charge in [0.1, 0.15) is 0 Å². The van der Waals surface area contributed by atoms with E-state index in [9.17, 15) is 0 Å². The van der Waals surface area contributed by atoms with Crippen LogP contribution in [0.25, 0.3) is 0 Å². The fourth-order valence-corrected chi connectivity index (χ4v) is 3.13. The van der Waals surface area contributed by atoms with Gasteiger partial charge in [0.05, 0.1) is 11.7 Å². The van der Waals surface area contributed by atoms with Gasteiger partial charge in [-0.1, -0.05) is 19.3 Å².